The van der Waals surface area contributed by atoms with Gasteiger partial charge in [-0.3, -0.25) is 0 Å². The molecule has 0 radical (unpaired) electrons. The van der Waals surface area contributed by atoms with Gasteiger partial charge in [0.2, 0.25) is 0 Å². The van der Waals surface area contributed by atoms with E-state index >= 15 is 0 Å². The molecule has 0 aliphatic heterocycles. The van der Waals surface area contributed by atoms with E-state index in [1.807, 2.05) is 30.3 Å². The molecule has 0 saturated carbocycles. The van der Waals surface area contributed by atoms with Crippen molar-refractivity contribution in [2.75, 3.05) is 11.9 Å². The number of rotatable bonds is 6. The summed E-state index contributed by atoms with van der Waals surface area (Å²) in [7, 11) is 0. The Bertz CT molecular complexity index is 767. The summed E-state index contributed by atoms with van der Waals surface area (Å²) in [6, 6.07) is 14.1. The number of benzene rings is 1. The Morgan fingerprint density at radius 1 is 1.17 bits per heavy atom. The number of aliphatic hydroxyl groups excluding tert-OH is 1. The van der Waals surface area contributed by atoms with Crippen LogP contribution in [0.5, 0.6) is 0 Å². The van der Waals surface area contributed by atoms with Gasteiger partial charge in [0.15, 0.2) is 5.65 Å². The molecule has 0 amide bonds. The van der Waals surface area contributed by atoms with E-state index in [4.69, 9.17) is 0 Å². The minimum atomic E-state index is 0.0241. The quantitative estimate of drug-likeness (QED) is 0.732. The van der Waals surface area contributed by atoms with Crippen LogP contribution in [0.3, 0.4) is 0 Å². The van der Waals surface area contributed by atoms with E-state index < -0.39 is 0 Å². The minimum absolute atomic E-state index is 0.0241. The molecule has 0 spiro atoms. The van der Waals surface area contributed by atoms with Crippen molar-refractivity contribution in [3.05, 3.63) is 59.9 Å². The molecule has 3 aromatic rings. The van der Waals surface area contributed by atoms with Crippen molar-refractivity contribution in [1.82, 2.24) is 14.6 Å². The second kappa shape index (κ2) is 6.79. The summed E-state index contributed by atoms with van der Waals surface area (Å²) in [5.74, 6) is 1.23. The predicted molar refractivity (Wildman–Crippen MR) is 91.6 cm³/mol. The van der Waals surface area contributed by atoms with Gasteiger partial charge in [-0.1, -0.05) is 44.2 Å². The summed E-state index contributed by atoms with van der Waals surface area (Å²) in [5, 5.41) is 17.3. The molecule has 5 heteroatoms. The van der Waals surface area contributed by atoms with Gasteiger partial charge in [-0.15, -0.1) is 0 Å². The normalized spacial score (nSPS) is 12.7. The lowest BCUT2D eigenvalue weighted by molar-refractivity contribution is 0.280. The number of nitrogens with zero attached hydrogens (tertiary/aromatic N) is 3. The Labute approximate surface area is 136 Å². The van der Waals surface area contributed by atoms with Crippen LogP contribution in [0.2, 0.25) is 0 Å². The Morgan fingerprint density at radius 3 is 2.65 bits per heavy atom. The zero-order valence-corrected chi connectivity index (χ0v) is 13.5. The van der Waals surface area contributed by atoms with Crippen LogP contribution < -0.4 is 5.32 Å². The van der Waals surface area contributed by atoms with Gasteiger partial charge in [-0.25, -0.2) is 4.98 Å². The third-order valence-corrected chi connectivity index (χ3v) is 3.91. The van der Waals surface area contributed by atoms with Crippen LogP contribution in [0.25, 0.3) is 5.65 Å². The molecule has 0 bridgehead atoms. The molecule has 0 saturated heterocycles. The third kappa shape index (κ3) is 3.35. The molecule has 1 atom stereocenters. The second-order valence-electron chi connectivity index (χ2n) is 5.94. The third-order valence-electron chi connectivity index (χ3n) is 3.91. The number of anilines is 1. The molecule has 120 valence electrons. The average molecular weight is 310 g/mol. The van der Waals surface area contributed by atoms with Crippen LogP contribution in [-0.2, 0) is 0 Å². The monoisotopic (exact) mass is 310 g/mol. The number of hydrogen-bond donors (Lipinski definition) is 2. The molecule has 5 nitrogen and oxygen atoms in total. The van der Waals surface area contributed by atoms with Crippen LogP contribution in [-0.4, -0.2) is 26.3 Å². The fourth-order valence-corrected chi connectivity index (χ4v) is 2.65. The first-order chi connectivity index (χ1) is 11.2. The van der Waals surface area contributed by atoms with E-state index in [0.717, 1.165) is 22.7 Å². The molecule has 3 rings (SSSR count). The van der Waals surface area contributed by atoms with Crippen LogP contribution in [0, 0.1) is 0 Å². The van der Waals surface area contributed by atoms with E-state index in [1.54, 1.807) is 10.7 Å². The van der Waals surface area contributed by atoms with Crippen LogP contribution in [0.4, 0.5) is 5.82 Å². The molecular formula is C18H22N4O. The summed E-state index contributed by atoms with van der Waals surface area (Å²) in [6.07, 6.45) is 2.38. The van der Waals surface area contributed by atoms with Crippen molar-refractivity contribution in [2.24, 2.45) is 0 Å². The van der Waals surface area contributed by atoms with Crippen molar-refractivity contribution < 1.29 is 5.11 Å². The topological polar surface area (TPSA) is 62.5 Å². The smallest absolute Gasteiger partial charge is 0.157 e. The molecular weight excluding hydrogens is 288 g/mol. The highest BCUT2D eigenvalue weighted by Gasteiger charge is 2.15. The van der Waals surface area contributed by atoms with Gasteiger partial charge < -0.3 is 10.4 Å². The van der Waals surface area contributed by atoms with E-state index in [-0.39, 0.29) is 12.6 Å². The van der Waals surface area contributed by atoms with Crippen molar-refractivity contribution in [2.45, 2.75) is 32.2 Å². The summed E-state index contributed by atoms with van der Waals surface area (Å²) in [4.78, 5) is 4.63. The van der Waals surface area contributed by atoms with Crippen molar-refractivity contribution in [3.63, 3.8) is 0 Å². The van der Waals surface area contributed by atoms with Gasteiger partial charge in [0.25, 0.3) is 0 Å². The first-order valence-electron chi connectivity index (χ1n) is 7.96. The maximum absolute atomic E-state index is 9.42. The number of aromatic nitrogens is 3. The van der Waals surface area contributed by atoms with Crippen LogP contribution in [0.15, 0.2) is 48.7 Å². The average Bonchev–Trinajstić information content (AvgIpc) is 3.04. The van der Waals surface area contributed by atoms with Gasteiger partial charge in [0.05, 0.1) is 12.2 Å². The minimum Gasteiger partial charge on any atom is -0.396 e. The van der Waals surface area contributed by atoms with Crippen molar-refractivity contribution >= 4 is 11.5 Å². The largest absolute Gasteiger partial charge is 0.396 e. The summed E-state index contributed by atoms with van der Waals surface area (Å²) in [5.41, 5.74) is 3.00. The maximum Gasteiger partial charge on any atom is 0.157 e. The standard InChI is InChI=1S/C18H22N4O/c1-13(2)16-12-18(22-17(21-16)8-10-19-22)20-15(9-11-23)14-6-4-3-5-7-14/h3-8,10,12-13,15,20,23H,9,11H2,1-2H3. The van der Waals surface area contributed by atoms with E-state index in [9.17, 15) is 5.11 Å². The maximum atomic E-state index is 9.42. The van der Waals surface area contributed by atoms with Gasteiger partial charge in [0, 0.05) is 24.4 Å². The highest BCUT2D eigenvalue weighted by Crippen LogP contribution is 2.25. The lowest BCUT2D eigenvalue weighted by Gasteiger charge is -2.21. The molecule has 2 N–H and O–H groups in total. The van der Waals surface area contributed by atoms with Gasteiger partial charge in [0.1, 0.15) is 5.82 Å². The number of nitrogens with one attached hydrogen (secondary N) is 1. The molecule has 0 fully saturated rings. The molecule has 23 heavy (non-hydrogen) atoms. The second-order valence-corrected chi connectivity index (χ2v) is 5.94. The fraction of sp³-hybridized carbons (Fsp3) is 0.333. The van der Waals surface area contributed by atoms with Crippen LogP contribution >= 0.6 is 0 Å². The lowest BCUT2D eigenvalue weighted by atomic mass is 10.0. The highest BCUT2D eigenvalue weighted by molar-refractivity contribution is 5.50. The Morgan fingerprint density at radius 2 is 1.96 bits per heavy atom. The zero-order valence-electron chi connectivity index (χ0n) is 13.5. The van der Waals surface area contributed by atoms with Gasteiger partial charge in [-0.2, -0.15) is 9.61 Å². The molecule has 2 aromatic heterocycles. The summed E-state index contributed by atoms with van der Waals surface area (Å²) < 4.78 is 1.80. The van der Waals surface area contributed by atoms with Gasteiger partial charge in [-0.05, 0) is 17.9 Å². The molecule has 0 aliphatic carbocycles. The zero-order chi connectivity index (χ0) is 16.2. The van der Waals surface area contributed by atoms with E-state index in [1.165, 1.54) is 0 Å². The predicted octanol–water partition coefficient (Wildman–Crippen LogP) is 3.39. The highest BCUT2D eigenvalue weighted by atomic mass is 16.3. The Hall–Kier alpha value is -2.40. The number of aliphatic hydroxyl groups is 1. The molecule has 1 aromatic carbocycles. The van der Waals surface area contributed by atoms with E-state index in [0.29, 0.717) is 12.3 Å². The van der Waals surface area contributed by atoms with Crippen LogP contribution in [0.1, 0.15) is 43.5 Å². The van der Waals surface area contributed by atoms with Crippen molar-refractivity contribution in [1.29, 1.82) is 0 Å². The lowest BCUT2D eigenvalue weighted by Crippen LogP contribution is -2.16. The van der Waals surface area contributed by atoms with Crippen molar-refractivity contribution in [3.8, 4) is 0 Å². The molecule has 1 unspecified atom stereocenters. The van der Waals surface area contributed by atoms with E-state index in [2.05, 4.69) is 41.4 Å². The molecule has 2 heterocycles. The Kier molecular flexibility index (Phi) is 4.57. The number of hydrogen-bond acceptors (Lipinski definition) is 4. The first-order valence-corrected chi connectivity index (χ1v) is 7.96. The Balaban J connectivity index is 1.99. The number of fused-ring (bicyclic) bond motifs is 1. The summed E-state index contributed by atoms with van der Waals surface area (Å²) >= 11 is 0. The fourth-order valence-electron chi connectivity index (χ4n) is 2.65. The first kappa shape index (κ1) is 15.5. The SMILES string of the molecule is CC(C)c1cc(NC(CCO)c2ccccc2)n2nccc2n1. The molecule has 0 aliphatic rings. The van der Waals surface area contributed by atoms with Gasteiger partial charge >= 0.3 is 0 Å². The summed E-state index contributed by atoms with van der Waals surface area (Å²) in [6.45, 7) is 4.37.